The molecule has 1 amide bonds. The van der Waals surface area contributed by atoms with Gasteiger partial charge in [-0.05, 0) is 18.8 Å². The second kappa shape index (κ2) is 8.80. The lowest BCUT2D eigenvalue weighted by atomic mass is 9.81. The molecule has 1 unspecified atom stereocenters. The fourth-order valence-electron chi connectivity index (χ4n) is 3.41. The van der Waals surface area contributed by atoms with Crippen LogP contribution < -0.4 is 5.32 Å². The average molecular weight is 289 g/mol. The zero-order valence-corrected chi connectivity index (χ0v) is 13.0. The van der Waals surface area contributed by atoms with Gasteiger partial charge in [-0.1, -0.05) is 39.0 Å². The zero-order valence-electron chi connectivity index (χ0n) is 12.2. The molecule has 112 valence electrons. The third-order valence-corrected chi connectivity index (χ3v) is 4.61. The highest BCUT2D eigenvalue weighted by Gasteiger charge is 2.27. The first-order chi connectivity index (χ1) is 8.81. The third-order valence-electron chi connectivity index (χ3n) is 4.61. The van der Waals surface area contributed by atoms with E-state index in [-0.39, 0.29) is 18.3 Å². The average Bonchev–Trinajstić information content (AvgIpc) is 2.46. The topological polar surface area (TPSA) is 32.3 Å². The molecule has 2 rings (SSSR count). The standard InChI is InChI=1S/C15H28N2O.ClH/c1-2-14(12-13-6-4-3-5-7-13)15(18)17-10-8-16-9-11-17;/h13-14,16H,2-12H2,1H3;1H. The van der Waals surface area contributed by atoms with E-state index in [0.717, 1.165) is 44.9 Å². The number of hydrogen-bond donors (Lipinski definition) is 1. The molecule has 1 aliphatic carbocycles. The lowest BCUT2D eigenvalue weighted by Gasteiger charge is -2.32. The van der Waals surface area contributed by atoms with Crippen molar-refractivity contribution in [3.8, 4) is 0 Å². The number of amides is 1. The van der Waals surface area contributed by atoms with E-state index in [9.17, 15) is 4.79 Å². The summed E-state index contributed by atoms with van der Waals surface area (Å²) in [4.78, 5) is 14.6. The van der Waals surface area contributed by atoms with Gasteiger partial charge in [-0.15, -0.1) is 12.4 Å². The summed E-state index contributed by atoms with van der Waals surface area (Å²) in [7, 11) is 0. The van der Waals surface area contributed by atoms with Crippen LogP contribution in [0.15, 0.2) is 0 Å². The van der Waals surface area contributed by atoms with Crippen LogP contribution in [0.2, 0.25) is 0 Å². The Kier molecular flexibility index (Phi) is 7.77. The molecule has 2 aliphatic rings. The highest BCUT2D eigenvalue weighted by molar-refractivity contribution is 5.85. The van der Waals surface area contributed by atoms with E-state index in [4.69, 9.17) is 0 Å². The van der Waals surface area contributed by atoms with Gasteiger partial charge in [0.05, 0.1) is 0 Å². The minimum Gasteiger partial charge on any atom is -0.340 e. The van der Waals surface area contributed by atoms with Crippen molar-refractivity contribution in [1.29, 1.82) is 0 Å². The fraction of sp³-hybridized carbons (Fsp3) is 0.933. The summed E-state index contributed by atoms with van der Waals surface area (Å²) in [6, 6.07) is 0. The smallest absolute Gasteiger partial charge is 0.225 e. The van der Waals surface area contributed by atoms with Crippen LogP contribution in [-0.4, -0.2) is 37.0 Å². The predicted molar refractivity (Wildman–Crippen MR) is 81.7 cm³/mol. The molecule has 0 aromatic carbocycles. The Morgan fingerprint density at radius 2 is 1.84 bits per heavy atom. The molecule has 1 N–H and O–H groups in total. The normalized spacial score (nSPS) is 22.7. The Morgan fingerprint density at radius 1 is 1.21 bits per heavy atom. The number of carbonyl (C=O) groups is 1. The van der Waals surface area contributed by atoms with Crippen LogP contribution >= 0.6 is 12.4 Å². The molecule has 0 radical (unpaired) electrons. The lowest BCUT2D eigenvalue weighted by Crippen LogP contribution is -2.48. The first kappa shape index (κ1) is 16.8. The van der Waals surface area contributed by atoms with Gasteiger partial charge in [0.1, 0.15) is 0 Å². The Labute approximate surface area is 123 Å². The number of halogens is 1. The molecule has 1 saturated heterocycles. The maximum atomic E-state index is 12.5. The van der Waals surface area contributed by atoms with Crippen LogP contribution in [0, 0.1) is 11.8 Å². The fourth-order valence-corrected chi connectivity index (χ4v) is 3.41. The molecular weight excluding hydrogens is 260 g/mol. The van der Waals surface area contributed by atoms with Gasteiger partial charge >= 0.3 is 0 Å². The molecule has 2 fully saturated rings. The van der Waals surface area contributed by atoms with Gasteiger partial charge in [0.15, 0.2) is 0 Å². The van der Waals surface area contributed by atoms with Crippen molar-refractivity contribution in [2.75, 3.05) is 26.2 Å². The van der Waals surface area contributed by atoms with Crippen molar-refractivity contribution in [2.24, 2.45) is 11.8 Å². The third kappa shape index (κ3) is 4.96. The minimum absolute atomic E-state index is 0. The molecular formula is C15H29ClN2O. The Morgan fingerprint density at radius 3 is 2.42 bits per heavy atom. The van der Waals surface area contributed by atoms with E-state index in [1.54, 1.807) is 0 Å². The van der Waals surface area contributed by atoms with Crippen molar-refractivity contribution in [3.05, 3.63) is 0 Å². The van der Waals surface area contributed by atoms with Crippen LogP contribution in [0.4, 0.5) is 0 Å². The summed E-state index contributed by atoms with van der Waals surface area (Å²) < 4.78 is 0. The monoisotopic (exact) mass is 288 g/mol. The van der Waals surface area contributed by atoms with Gasteiger partial charge < -0.3 is 10.2 Å². The number of nitrogens with one attached hydrogen (secondary N) is 1. The molecule has 1 atom stereocenters. The Hall–Kier alpha value is -0.280. The SMILES string of the molecule is CCC(CC1CCCCC1)C(=O)N1CCNCC1.Cl. The Balaban J connectivity index is 0.00000180. The van der Waals surface area contributed by atoms with Crippen LogP contribution in [0.3, 0.4) is 0 Å². The molecule has 19 heavy (non-hydrogen) atoms. The van der Waals surface area contributed by atoms with Crippen molar-refractivity contribution >= 4 is 18.3 Å². The molecule has 1 aliphatic heterocycles. The number of carbonyl (C=O) groups excluding carboxylic acids is 1. The molecule has 4 heteroatoms. The van der Waals surface area contributed by atoms with Crippen LogP contribution in [-0.2, 0) is 4.79 Å². The maximum absolute atomic E-state index is 12.5. The van der Waals surface area contributed by atoms with Gasteiger partial charge in [-0.3, -0.25) is 4.79 Å². The van der Waals surface area contributed by atoms with Crippen molar-refractivity contribution < 1.29 is 4.79 Å². The molecule has 3 nitrogen and oxygen atoms in total. The van der Waals surface area contributed by atoms with Gasteiger partial charge in [0, 0.05) is 32.1 Å². The molecule has 0 spiro atoms. The summed E-state index contributed by atoms with van der Waals surface area (Å²) in [6.07, 6.45) is 9.01. The maximum Gasteiger partial charge on any atom is 0.225 e. The minimum atomic E-state index is 0. The summed E-state index contributed by atoms with van der Waals surface area (Å²) >= 11 is 0. The Bertz CT molecular complexity index is 261. The molecule has 0 bridgehead atoms. The molecule has 1 heterocycles. The number of rotatable bonds is 4. The van der Waals surface area contributed by atoms with Gasteiger partial charge in [0.25, 0.3) is 0 Å². The van der Waals surface area contributed by atoms with E-state index in [1.807, 2.05) is 0 Å². The van der Waals surface area contributed by atoms with E-state index >= 15 is 0 Å². The summed E-state index contributed by atoms with van der Waals surface area (Å²) in [5.74, 6) is 1.52. The first-order valence-corrected chi connectivity index (χ1v) is 7.80. The van der Waals surface area contributed by atoms with Crippen molar-refractivity contribution in [1.82, 2.24) is 10.2 Å². The lowest BCUT2D eigenvalue weighted by molar-refractivity contribution is -0.136. The summed E-state index contributed by atoms with van der Waals surface area (Å²) in [5.41, 5.74) is 0. The number of hydrogen-bond acceptors (Lipinski definition) is 2. The summed E-state index contributed by atoms with van der Waals surface area (Å²) in [6.45, 7) is 5.91. The van der Waals surface area contributed by atoms with E-state index in [2.05, 4.69) is 17.1 Å². The second-order valence-electron chi connectivity index (χ2n) is 5.92. The highest BCUT2D eigenvalue weighted by atomic mass is 35.5. The van der Waals surface area contributed by atoms with Crippen LogP contribution in [0.1, 0.15) is 51.9 Å². The highest BCUT2D eigenvalue weighted by Crippen LogP contribution is 2.30. The van der Waals surface area contributed by atoms with Gasteiger partial charge in [-0.2, -0.15) is 0 Å². The first-order valence-electron chi connectivity index (χ1n) is 7.80. The van der Waals surface area contributed by atoms with Gasteiger partial charge in [-0.25, -0.2) is 0 Å². The van der Waals surface area contributed by atoms with Crippen molar-refractivity contribution in [3.63, 3.8) is 0 Å². The van der Waals surface area contributed by atoms with Crippen LogP contribution in [0.25, 0.3) is 0 Å². The van der Waals surface area contributed by atoms with E-state index in [0.29, 0.717) is 5.91 Å². The number of nitrogens with zero attached hydrogens (tertiary/aromatic N) is 1. The van der Waals surface area contributed by atoms with Crippen molar-refractivity contribution in [2.45, 2.75) is 51.9 Å². The zero-order chi connectivity index (χ0) is 12.8. The quantitative estimate of drug-likeness (QED) is 0.863. The number of piperazine rings is 1. The largest absolute Gasteiger partial charge is 0.340 e. The molecule has 0 aromatic rings. The van der Waals surface area contributed by atoms with Crippen LogP contribution in [0.5, 0.6) is 0 Å². The second-order valence-corrected chi connectivity index (χ2v) is 5.92. The molecule has 1 saturated carbocycles. The molecule has 0 aromatic heterocycles. The van der Waals surface area contributed by atoms with E-state index < -0.39 is 0 Å². The van der Waals surface area contributed by atoms with E-state index in [1.165, 1.54) is 32.1 Å². The van der Waals surface area contributed by atoms with Gasteiger partial charge in [0.2, 0.25) is 5.91 Å². The predicted octanol–water partition coefficient (Wildman–Crippen LogP) is 2.84. The summed E-state index contributed by atoms with van der Waals surface area (Å²) in [5, 5.41) is 3.31.